The highest BCUT2D eigenvalue weighted by molar-refractivity contribution is 5.98. The zero-order chi connectivity index (χ0) is 12.7. The molecule has 0 spiro atoms. The monoisotopic (exact) mass is 270 g/mol. The molecular formula is C13H19ClN2O2. The molecule has 2 N–H and O–H groups in total. The van der Waals surface area contributed by atoms with E-state index in [4.69, 9.17) is 0 Å². The number of carbonyl (C=O) groups is 2. The predicted molar refractivity (Wildman–Crippen MR) is 75.5 cm³/mol. The lowest BCUT2D eigenvalue weighted by molar-refractivity contribution is -0.114. The fraction of sp³-hybridized carbons (Fsp3) is 0.385. The minimum Gasteiger partial charge on any atom is -0.326 e. The van der Waals surface area contributed by atoms with Crippen LogP contribution in [0.2, 0.25) is 0 Å². The van der Waals surface area contributed by atoms with Gasteiger partial charge >= 0.3 is 0 Å². The van der Waals surface area contributed by atoms with Gasteiger partial charge in [0.15, 0.2) is 5.78 Å². The third kappa shape index (κ3) is 5.80. The molecular weight excluding hydrogens is 252 g/mol. The Kier molecular flexibility index (Phi) is 8.00. The van der Waals surface area contributed by atoms with Crippen LogP contribution in [0.5, 0.6) is 0 Å². The van der Waals surface area contributed by atoms with Crippen LogP contribution in [0.25, 0.3) is 0 Å². The minimum atomic E-state index is -0.117. The molecule has 0 aliphatic rings. The van der Waals surface area contributed by atoms with Crippen molar-refractivity contribution in [1.82, 2.24) is 5.32 Å². The van der Waals surface area contributed by atoms with Gasteiger partial charge in [0.05, 0.1) is 6.54 Å². The quantitative estimate of drug-likeness (QED) is 0.616. The van der Waals surface area contributed by atoms with Crippen LogP contribution < -0.4 is 10.6 Å². The molecule has 4 nitrogen and oxygen atoms in total. The Balaban J connectivity index is 0.00000289. The summed E-state index contributed by atoms with van der Waals surface area (Å²) < 4.78 is 0. The maximum atomic E-state index is 11.7. The molecule has 1 rings (SSSR count). The molecule has 0 atom stereocenters. The highest BCUT2D eigenvalue weighted by atomic mass is 35.5. The third-order valence-electron chi connectivity index (χ3n) is 2.24. The topological polar surface area (TPSA) is 58.2 Å². The molecule has 0 aromatic heterocycles. The minimum absolute atomic E-state index is 0. The van der Waals surface area contributed by atoms with Gasteiger partial charge in [0.25, 0.3) is 0 Å². The fourth-order valence-corrected chi connectivity index (χ4v) is 1.42. The largest absolute Gasteiger partial charge is 0.326 e. The predicted octanol–water partition coefficient (Wildman–Crippen LogP) is 2.25. The summed E-state index contributed by atoms with van der Waals surface area (Å²) in [5.41, 5.74) is 1.36. The molecule has 0 fully saturated rings. The molecule has 1 aromatic carbocycles. The molecule has 0 heterocycles. The first-order valence-electron chi connectivity index (χ1n) is 5.75. The number of hydrogen-bond donors (Lipinski definition) is 2. The van der Waals surface area contributed by atoms with Gasteiger partial charge in [-0.1, -0.05) is 6.92 Å². The van der Waals surface area contributed by atoms with E-state index in [-0.39, 0.29) is 24.1 Å². The molecule has 0 aliphatic heterocycles. The number of Topliss-reactive ketones (excluding diaryl/α,β-unsaturated/α-hetero) is 1. The van der Waals surface area contributed by atoms with Gasteiger partial charge in [-0.05, 0) is 37.2 Å². The number of carbonyl (C=O) groups excluding carboxylic acids is 2. The van der Waals surface area contributed by atoms with Crippen molar-refractivity contribution in [1.29, 1.82) is 0 Å². The Morgan fingerprint density at radius 2 is 1.78 bits per heavy atom. The Morgan fingerprint density at radius 3 is 2.28 bits per heavy atom. The molecule has 0 bridgehead atoms. The normalized spacial score (nSPS) is 9.44. The second-order valence-electron chi connectivity index (χ2n) is 3.86. The summed E-state index contributed by atoms with van der Waals surface area (Å²) in [5.74, 6) is -0.0542. The fourth-order valence-electron chi connectivity index (χ4n) is 1.42. The standard InChI is InChI=1S/C13H18N2O2.ClH/c1-3-8-14-9-13(17)11-4-6-12(7-5-11)15-10(2)16;/h4-7,14H,3,8-9H2,1-2H3,(H,15,16);1H. The van der Waals surface area contributed by atoms with Gasteiger partial charge in [-0.2, -0.15) is 0 Å². The number of nitrogens with one attached hydrogen (secondary N) is 2. The first-order valence-corrected chi connectivity index (χ1v) is 5.75. The summed E-state index contributed by atoms with van der Waals surface area (Å²) in [7, 11) is 0. The first kappa shape index (κ1) is 16.6. The maximum absolute atomic E-state index is 11.7. The molecule has 18 heavy (non-hydrogen) atoms. The second kappa shape index (κ2) is 8.66. The van der Waals surface area contributed by atoms with E-state index in [1.807, 2.05) is 0 Å². The van der Waals surface area contributed by atoms with Crippen LogP contribution >= 0.6 is 12.4 Å². The van der Waals surface area contributed by atoms with Gasteiger partial charge < -0.3 is 10.6 Å². The zero-order valence-electron chi connectivity index (χ0n) is 10.7. The van der Waals surface area contributed by atoms with Gasteiger partial charge in [0, 0.05) is 18.2 Å². The lowest BCUT2D eigenvalue weighted by atomic mass is 10.1. The number of benzene rings is 1. The van der Waals surface area contributed by atoms with Crippen molar-refractivity contribution in [3.63, 3.8) is 0 Å². The number of amides is 1. The maximum Gasteiger partial charge on any atom is 0.221 e. The van der Waals surface area contributed by atoms with Crippen molar-refractivity contribution in [2.24, 2.45) is 0 Å². The second-order valence-corrected chi connectivity index (χ2v) is 3.86. The SMILES string of the molecule is CCCNCC(=O)c1ccc(NC(C)=O)cc1.Cl. The van der Waals surface area contributed by atoms with Crippen LogP contribution in [0.4, 0.5) is 5.69 Å². The van der Waals surface area contributed by atoms with Crippen LogP contribution in [0, 0.1) is 0 Å². The van der Waals surface area contributed by atoms with Crippen molar-refractivity contribution in [2.45, 2.75) is 20.3 Å². The molecule has 1 aromatic rings. The van der Waals surface area contributed by atoms with Crippen molar-refractivity contribution in [3.05, 3.63) is 29.8 Å². The zero-order valence-corrected chi connectivity index (χ0v) is 11.5. The van der Waals surface area contributed by atoms with E-state index < -0.39 is 0 Å². The summed E-state index contributed by atoms with van der Waals surface area (Å²) in [6, 6.07) is 6.91. The van der Waals surface area contributed by atoms with Gasteiger partial charge in [-0.3, -0.25) is 9.59 Å². The highest BCUT2D eigenvalue weighted by Crippen LogP contribution is 2.09. The number of ketones is 1. The molecule has 0 saturated heterocycles. The summed E-state index contributed by atoms with van der Waals surface area (Å²) in [5, 5.41) is 5.72. The van der Waals surface area contributed by atoms with E-state index in [9.17, 15) is 9.59 Å². The Hall–Kier alpha value is -1.39. The van der Waals surface area contributed by atoms with Crippen molar-refractivity contribution in [2.75, 3.05) is 18.4 Å². The summed E-state index contributed by atoms with van der Waals surface area (Å²) in [4.78, 5) is 22.5. The number of rotatable bonds is 6. The van der Waals surface area contributed by atoms with Gasteiger partial charge in [0.2, 0.25) is 5.91 Å². The van der Waals surface area contributed by atoms with Crippen LogP contribution in [0.15, 0.2) is 24.3 Å². The smallest absolute Gasteiger partial charge is 0.221 e. The highest BCUT2D eigenvalue weighted by Gasteiger charge is 2.04. The van der Waals surface area contributed by atoms with Crippen LogP contribution in [0.1, 0.15) is 30.6 Å². The average Bonchev–Trinajstić information content (AvgIpc) is 2.29. The summed E-state index contributed by atoms with van der Waals surface area (Å²) in [6.07, 6.45) is 1.01. The van der Waals surface area contributed by atoms with Crippen molar-refractivity contribution in [3.8, 4) is 0 Å². The molecule has 0 radical (unpaired) electrons. The van der Waals surface area contributed by atoms with Gasteiger partial charge in [-0.15, -0.1) is 12.4 Å². The van der Waals surface area contributed by atoms with E-state index in [2.05, 4.69) is 17.6 Å². The molecule has 5 heteroatoms. The molecule has 0 saturated carbocycles. The van der Waals surface area contributed by atoms with E-state index in [1.54, 1.807) is 24.3 Å². The molecule has 0 unspecified atom stereocenters. The van der Waals surface area contributed by atoms with E-state index >= 15 is 0 Å². The third-order valence-corrected chi connectivity index (χ3v) is 2.24. The van der Waals surface area contributed by atoms with Crippen molar-refractivity contribution >= 4 is 29.8 Å². The summed E-state index contributed by atoms with van der Waals surface area (Å²) in [6.45, 7) is 4.70. The summed E-state index contributed by atoms with van der Waals surface area (Å²) >= 11 is 0. The molecule has 1 amide bonds. The lowest BCUT2D eigenvalue weighted by Crippen LogP contribution is -2.23. The van der Waals surface area contributed by atoms with Crippen LogP contribution in [0.3, 0.4) is 0 Å². The number of halogens is 1. The number of hydrogen-bond acceptors (Lipinski definition) is 3. The Labute approximate surface area is 114 Å². The Bertz CT molecular complexity index is 390. The molecule has 100 valence electrons. The van der Waals surface area contributed by atoms with Crippen molar-refractivity contribution < 1.29 is 9.59 Å². The lowest BCUT2D eigenvalue weighted by Gasteiger charge is -2.05. The van der Waals surface area contributed by atoms with Gasteiger partial charge in [-0.25, -0.2) is 0 Å². The van der Waals surface area contributed by atoms with E-state index in [1.165, 1.54) is 6.92 Å². The average molecular weight is 271 g/mol. The number of anilines is 1. The van der Waals surface area contributed by atoms with E-state index in [0.29, 0.717) is 17.8 Å². The van der Waals surface area contributed by atoms with Crippen LogP contribution in [-0.2, 0) is 4.79 Å². The molecule has 0 aliphatic carbocycles. The van der Waals surface area contributed by atoms with E-state index in [0.717, 1.165) is 13.0 Å². The first-order chi connectivity index (χ1) is 8.13. The Morgan fingerprint density at radius 1 is 1.17 bits per heavy atom. The van der Waals surface area contributed by atoms with Crippen LogP contribution in [-0.4, -0.2) is 24.8 Å². The van der Waals surface area contributed by atoms with Gasteiger partial charge in [0.1, 0.15) is 0 Å².